The van der Waals surface area contributed by atoms with Crippen LogP contribution >= 0.6 is 0 Å². The third-order valence-electron chi connectivity index (χ3n) is 2.97. The predicted molar refractivity (Wildman–Crippen MR) is 84.0 cm³/mol. The maximum atomic E-state index is 11.4. The fourth-order valence-corrected chi connectivity index (χ4v) is 1.75. The van der Waals surface area contributed by atoms with Gasteiger partial charge in [0.05, 0.1) is 13.2 Å². The van der Waals surface area contributed by atoms with Crippen molar-refractivity contribution in [2.24, 2.45) is 0 Å². The molecule has 0 saturated heterocycles. The highest BCUT2D eigenvalue weighted by atomic mass is 16.5. The number of ether oxygens (including phenoxy) is 2. The Kier molecular flexibility index (Phi) is 14.1. The van der Waals surface area contributed by atoms with Gasteiger partial charge >= 0.3 is 11.9 Å². The maximum Gasteiger partial charge on any atom is 0.305 e. The zero-order valence-corrected chi connectivity index (χ0v) is 13.6. The van der Waals surface area contributed by atoms with Crippen LogP contribution in [0.1, 0.15) is 71.6 Å². The predicted octanol–water partition coefficient (Wildman–Crippen LogP) is 4.18. The highest BCUT2D eigenvalue weighted by Crippen LogP contribution is 2.04. The quantitative estimate of drug-likeness (QED) is 0.291. The normalized spacial score (nSPS) is 10.8. The molecule has 0 aliphatic rings. The maximum absolute atomic E-state index is 11.4. The average molecular weight is 298 g/mol. The van der Waals surface area contributed by atoms with E-state index in [1.54, 1.807) is 0 Å². The first-order valence-corrected chi connectivity index (χ1v) is 8.16. The first-order chi connectivity index (χ1) is 10.2. The Balaban J connectivity index is 3.38. The molecule has 0 fully saturated rings. The van der Waals surface area contributed by atoms with E-state index in [4.69, 9.17) is 9.47 Å². The molecular weight excluding hydrogens is 268 g/mol. The Morgan fingerprint density at radius 1 is 0.810 bits per heavy atom. The summed E-state index contributed by atoms with van der Waals surface area (Å²) in [5.74, 6) is -0.347. The van der Waals surface area contributed by atoms with Crippen molar-refractivity contribution in [2.45, 2.75) is 71.6 Å². The van der Waals surface area contributed by atoms with E-state index in [9.17, 15) is 9.59 Å². The number of hydrogen-bond donors (Lipinski definition) is 0. The van der Waals surface area contributed by atoms with Gasteiger partial charge in [-0.2, -0.15) is 0 Å². The minimum atomic E-state index is -0.184. The van der Waals surface area contributed by atoms with Gasteiger partial charge in [0.2, 0.25) is 0 Å². The fourth-order valence-electron chi connectivity index (χ4n) is 1.75. The second-order valence-electron chi connectivity index (χ2n) is 5.02. The molecule has 0 aliphatic heterocycles. The summed E-state index contributed by atoms with van der Waals surface area (Å²) in [5, 5.41) is 0. The summed E-state index contributed by atoms with van der Waals surface area (Å²) in [5.41, 5.74) is 0. The van der Waals surface area contributed by atoms with E-state index in [-0.39, 0.29) is 11.9 Å². The standard InChI is InChI=1S/C17H30O4/c1-3-5-7-11-15-21-17(19)13-9-8-12-16(18)20-14-10-6-4-2/h5,7H,3-4,6,8-15H2,1-2H3/b7-5-. The van der Waals surface area contributed by atoms with Gasteiger partial charge in [0.15, 0.2) is 0 Å². The number of hydrogen-bond acceptors (Lipinski definition) is 4. The van der Waals surface area contributed by atoms with Crippen LogP contribution in [0.4, 0.5) is 0 Å². The van der Waals surface area contributed by atoms with E-state index >= 15 is 0 Å². The second-order valence-corrected chi connectivity index (χ2v) is 5.02. The van der Waals surface area contributed by atoms with Crippen LogP contribution in [0, 0.1) is 0 Å². The van der Waals surface area contributed by atoms with Gasteiger partial charge in [-0.05, 0) is 32.1 Å². The molecule has 0 rings (SSSR count). The van der Waals surface area contributed by atoms with E-state index < -0.39 is 0 Å². The van der Waals surface area contributed by atoms with Crippen LogP contribution in [0.3, 0.4) is 0 Å². The molecule has 4 nitrogen and oxygen atoms in total. The van der Waals surface area contributed by atoms with Crippen LogP contribution in [-0.4, -0.2) is 25.2 Å². The minimum Gasteiger partial charge on any atom is -0.466 e. The van der Waals surface area contributed by atoms with E-state index in [1.807, 2.05) is 6.08 Å². The summed E-state index contributed by atoms with van der Waals surface area (Å²) < 4.78 is 10.2. The summed E-state index contributed by atoms with van der Waals surface area (Å²) in [6.45, 7) is 5.13. The van der Waals surface area contributed by atoms with Crippen LogP contribution in [0.2, 0.25) is 0 Å². The fraction of sp³-hybridized carbons (Fsp3) is 0.765. The Hall–Kier alpha value is -1.32. The van der Waals surface area contributed by atoms with Gasteiger partial charge in [-0.1, -0.05) is 38.8 Å². The summed E-state index contributed by atoms with van der Waals surface area (Å²) >= 11 is 0. The summed E-state index contributed by atoms with van der Waals surface area (Å²) in [4.78, 5) is 22.8. The lowest BCUT2D eigenvalue weighted by Crippen LogP contribution is -2.07. The third-order valence-corrected chi connectivity index (χ3v) is 2.97. The first kappa shape index (κ1) is 19.7. The highest BCUT2D eigenvalue weighted by Gasteiger charge is 2.05. The Labute approximate surface area is 128 Å². The molecule has 0 spiro atoms. The zero-order valence-electron chi connectivity index (χ0n) is 13.6. The number of carbonyl (C=O) groups is 2. The number of carbonyl (C=O) groups excluding carboxylic acids is 2. The number of rotatable bonds is 13. The van der Waals surface area contributed by atoms with Crippen LogP contribution in [0.5, 0.6) is 0 Å². The third kappa shape index (κ3) is 14.9. The first-order valence-electron chi connectivity index (χ1n) is 8.16. The Morgan fingerprint density at radius 3 is 2.00 bits per heavy atom. The summed E-state index contributed by atoms with van der Waals surface area (Å²) in [6.07, 6.45) is 11.1. The molecule has 21 heavy (non-hydrogen) atoms. The van der Waals surface area contributed by atoms with Crippen molar-refractivity contribution in [3.05, 3.63) is 12.2 Å². The summed E-state index contributed by atoms with van der Waals surface area (Å²) in [6, 6.07) is 0. The van der Waals surface area contributed by atoms with E-state index in [1.165, 1.54) is 0 Å². The van der Waals surface area contributed by atoms with Gasteiger partial charge < -0.3 is 9.47 Å². The molecule has 0 bridgehead atoms. The topological polar surface area (TPSA) is 52.6 Å². The van der Waals surface area contributed by atoms with Crippen molar-refractivity contribution in [2.75, 3.05) is 13.2 Å². The molecule has 0 N–H and O–H groups in total. The van der Waals surface area contributed by atoms with Crippen molar-refractivity contribution in [1.82, 2.24) is 0 Å². The molecule has 0 aromatic heterocycles. The molecule has 0 aliphatic carbocycles. The molecule has 0 aromatic carbocycles. The van der Waals surface area contributed by atoms with Crippen LogP contribution in [0.15, 0.2) is 12.2 Å². The van der Waals surface area contributed by atoms with Gasteiger partial charge in [0.1, 0.15) is 0 Å². The molecule has 0 radical (unpaired) electrons. The number of esters is 2. The molecule has 0 atom stereocenters. The second kappa shape index (κ2) is 15.1. The number of allylic oxidation sites excluding steroid dienone is 1. The molecule has 0 saturated carbocycles. The molecule has 0 aromatic rings. The van der Waals surface area contributed by atoms with Crippen molar-refractivity contribution in [3.63, 3.8) is 0 Å². The molecule has 122 valence electrons. The Bertz CT molecular complexity index is 297. The van der Waals surface area contributed by atoms with Gasteiger partial charge in [-0.15, -0.1) is 0 Å². The van der Waals surface area contributed by atoms with E-state index in [0.717, 1.165) is 32.1 Å². The average Bonchev–Trinajstić information content (AvgIpc) is 2.48. The number of unbranched alkanes of at least 4 members (excludes halogenated alkanes) is 3. The monoisotopic (exact) mass is 298 g/mol. The van der Waals surface area contributed by atoms with Gasteiger partial charge in [-0.3, -0.25) is 9.59 Å². The molecule has 4 heteroatoms. The smallest absolute Gasteiger partial charge is 0.305 e. The van der Waals surface area contributed by atoms with Gasteiger partial charge in [0, 0.05) is 12.8 Å². The highest BCUT2D eigenvalue weighted by molar-refractivity contribution is 5.70. The SMILES string of the molecule is CC/C=C\CCOC(=O)CCCCC(=O)OCCCCC. The van der Waals surface area contributed by atoms with Crippen molar-refractivity contribution < 1.29 is 19.1 Å². The van der Waals surface area contributed by atoms with Gasteiger partial charge in [0.25, 0.3) is 0 Å². The van der Waals surface area contributed by atoms with Crippen LogP contribution in [0.25, 0.3) is 0 Å². The molecule has 0 amide bonds. The lowest BCUT2D eigenvalue weighted by atomic mass is 10.2. The largest absolute Gasteiger partial charge is 0.466 e. The molecule has 0 heterocycles. The van der Waals surface area contributed by atoms with Crippen LogP contribution < -0.4 is 0 Å². The minimum absolute atomic E-state index is 0.163. The zero-order chi connectivity index (χ0) is 15.8. The molecule has 0 unspecified atom stereocenters. The lowest BCUT2D eigenvalue weighted by Gasteiger charge is -2.05. The van der Waals surface area contributed by atoms with Crippen molar-refractivity contribution in [1.29, 1.82) is 0 Å². The van der Waals surface area contributed by atoms with Crippen molar-refractivity contribution >= 4 is 11.9 Å². The van der Waals surface area contributed by atoms with E-state index in [0.29, 0.717) is 38.9 Å². The summed E-state index contributed by atoms with van der Waals surface area (Å²) in [7, 11) is 0. The van der Waals surface area contributed by atoms with Gasteiger partial charge in [-0.25, -0.2) is 0 Å². The van der Waals surface area contributed by atoms with Crippen molar-refractivity contribution in [3.8, 4) is 0 Å². The van der Waals surface area contributed by atoms with Crippen LogP contribution in [-0.2, 0) is 19.1 Å². The Morgan fingerprint density at radius 2 is 1.43 bits per heavy atom. The van der Waals surface area contributed by atoms with E-state index in [2.05, 4.69) is 19.9 Å². The lowest BCUT2D eigenvalue weighted by molar-refractivity contribution is -0.145. The molecular formula is C17H30O4.